The first-order chi connectivity index (χ1) is 13.9. The lowest BCUT2D eigenvalue weighted by molar-refractivity contribution is -0.129. The summed E-state index contributed by atoms with van der Waals surface area (Å²) >= 11 is 0. The molecular formula is C22H31N3O5. The predicted molar refractivity (Wildman–Crippen MR) is 112 cm³/mol. The molecule has 0 aromatic carbocycles. The van der Waals surface area contributed by atoms with E-state index >= 15 is 0 Å². The largest absolute Gasteiger partial charge is 0.472 e. The number of ether oxygens (including phenoxy) is 1. The van der Waals surface area contributed by atoms with Crippen LogP contribution in [0.5, 0.6) is 5.88 Å². The Balaban J connectivity index is 2.51. The lowest BCUT2D eigenvalue weighted by Gasteiger charge is -2.37. The molecule has 0 bridgehead atoms. The summed E-state index contributed by atoms with van der Waals surface area (Å²) in [6, 6.07) is 1.19. The average Bonchev–Trinajstić information content (AvgIpc) is 2.67. The van der Waals surface area contributed by atoms with Crippen LogP contribution in [0.4, 0.5) is 0 Å². The maximum atomic E-state index is 13.3. The maximum Gasteiger partial charge on any atom is 0.259 e. The summed E-state index contributed by atoms with van der Waals surface area (Å²) in [6.45, 7) is 8.85. The molecule has 0 unspecified atom stereocenters. The average molecular weight is 418 g/mol. The molecule has 1 aromatic heterocycles. The van der Waals surface area contributed by atoms with Gasteiger partial charge in [-0.15, -0.1) is 0 Å². The van der Waals surface area contributed by atoms with Crippen molar-refractivity contribution < 1.29 is 24.5 Å². The predicted octanol–water partition coefficient (Wildman–Crippen LogP) is 0.902. The number of likely N-dealkylation sites (N-methyl/N-ethyl adjacent to an activating group) is 1. The van der Waals surface area contributed by atoms with Crippen LogP contribution in [0.15, 0.2) is 12.3 Å². The smallest absolute Gasteiger partial charge is 0.259 e. The molecule has 3 atom stereocenters. The molecule has 164 valence electrons. The van der Waals surface area contributed by atoms with Crippen molar-refractivity contribution in [3.05, 3.63) is 23.4 Å². The summed E-state index contributed by atoms with van der Waals surface area (Å²) in [5, 5.41) is 19.5. The summed E-state index contributed by atoms with van der Waals surface area (Å²) in [5.74, 6) is 5.19. The van der Waals surface area contributed by atoms with Crippen LogP contribution in [0.3, 0.4) is 0 Å². The first kappa shape index (κ1) is 23.6. The van der Waals surface area contributed by atoms with E-state index in [0.29, 0.717) is 18.7 Å². The van der Waals surface area contributed by atoms with Crippen molar-refractivity contribution in [1.82, 2.24) is 14.8 Å². The molecule has 2 N–H and O–H groups in total. The summed E-state index contributed by atoms with van der Waals surface area (Å²) in [4.78, 5) is 32.4. The molecule has 2 amide bonds. The minimum absolute atomic E-state index is 0.0880. The van der Waals surface area contributed by atoms with E-state index in [2.05, 4.69) is 16.8 Å². The number of amides is 2. The zero-order chi connectivity index (χ0) is 22.6. The lowest BCUT2D eigenvalue weighted by Crippen LogP contribution is -2.50. The van der Waals surface area contributed by atoms with Crippen molar-refractivity contribution in [2.24, 2.45) is 5.92 Å². The van der Waals surface area contributed by atoms with E-state index in [1.54, 1.807) is 43.7 Å². The fraction of sp³-hybridized carbons (Fsp3) is 0.591. The molecule has 0 radical (unpaired) electrons. The normalized spacial score (nSPS) is 20.1. The van der Waals surface area contributed by atoms with Gasteiger partial charge in [-0.3, -0.25) is 9.59 Å². The Morgan fingerprint density at radius 3 is 2.73 bits per heavy atom. The summed E-state index contributed by atoms with van der Waals surface area (Å²) < 4.78 is 6.09. The second-order valence-corrected chi connectivity index (χ2v) is 8.41. The second kappa shape index (κ2) is 9.45. The highest BCUT2D eigenvalue weighted by molar-refractivity contribution is 5.97. The number of hydrogen-bond acceptors (Lipinski definition) is 6. The number of rotatable bonds is 4. The number of hydrogen-bond donors (Lipinski definition) is 2. The topological polar surface area (TPSA) is 103 Å². The highest BCUT2D eigenvalue weighted by Crippen LogP contribution is 2.27. The van der Waals surface area contributed by atoms with Crippen molar-refractivity contribution in [3.63, 3.8) is 0 Å². The van der Waals surface area contributed by atoms with Crippen LogP contribution in [-0.2, 0) is 4.79 Å². The van der Waals surface area contributed by atoms with Crippen LogP contribution in [0.1, 0.15) is 50.5 Å². The fourth-order valence-corrected chi connectivity index (χ4v) is 3.01. The molecule has 30 heavy (non-hydrogen) atoms. The van der Waals surface area contributed by atoms with E-state index in [9.17, 15) is 19.8 Å². The highest BCUT2D eigenvalue weighted by Gasteiger charge is 2.34. The molecule has 2 heterocycles. The fourth-order valence-electron chi connectivity index (χ4n) is 3.01. The van der Waals surface area contributed by atoms with Crippen molar-refractivity contribution in [3.8, 4) is 17.7 Å². The van der Waals surface area contributed by atoms with E-state index < -0.39 is 11.6 Å². The van der Waals surface area contributed by atoms with Gasteiger partial charge in [0.2, 0.25) is 11.8 Å². The second-order valence-electron chi connectivity index (χ2n) is 8.41. The molecule has 0 saturated carbocycles. The van der Waals surface area contributed by atoms with E-state index in [4.69, 9.17) is 4.74 Å². The molecular weight excluding hydrogens is 386 g/mol. The van der Waals surface area contributed by atoms with Gasteiger partial charge in [-0.2, -0.15) is 0 Å². The summed E-state index contributed by atoms with van der Waals surface area (Å²) in [7, 11) is 1.69. The Labute approximate surface area is 177 Å². The van der Waals surface area contributed by atoms with Gasteiger partial charge in [0.25, 0.3) is 5.91 Å². The Bertz CT molecular complexity index is 853. The van der Waals surface area contributed by atoms with Crippen LogP contribution in [0.2, 0.25) is 0 Å². The zero-order valence-electron chi connectivity index (χ0n) is 18.5. The molecule has 1 aromatic rings. The van der Waals surface area contributed by atoms with Gasteiger partial charge in [0, 0.05) is 38.2 Å². The first-order valence-corrected chi connectivity index (χ1v) is 9.98. The third kappa shape index (κ3) is 5.94. The minimum Gasteiger partial charge on any atom is -0.472 e. The molecule has 2 rings (SSSR count). The van der Waals surface area contributed by atoms with Crippen molar-refractivity contribution >= 4 is 11.8 Å². The van der Waals surface area contributed by atoms with Crippen LogP contribution < -0.4 is 4.74 Å². The zero-order valence-corrected chi connectivity index (χ0v) is 18.5. The molecule has 8 heteroatoms. The van der Waals surface area contributed by atoms with Crippen LogP contribution in [0, 0.1) is 17.8 Å². The Morgan fingerprint density at radius 1 is 1.50 bits per heavy atom. The highest BCUT2D eigenvalue weighted by atomic mass is 16.5. The van der Waals surface area contributed by atoms with Crippen LogP contribution >= 0.6 is 0 Å². The van der Waals surface area contributed by atoms with E-state index in [1.165, 1.54) is 13.1 Å². The molecule has 0 fully saturated rings. The molecule has 8 nitrogen and oxygen atoms in total. The van der Waals surface area contributed by atoms with Gasteiger partial charge in [-0.05, 0) is 26.8 Å². The van der Waals surface area contributed by atoms with Gasteiger partial charge in [-0.25, -0.2) is 4.98 Å². The van der Waals surface area contributed by atoms with E-state index in [0.717, 1.165) is 0 Å². The van der Waals surface area contributed by atoms with Crippen LogP contribution in [-0.4, -0.2) is 81.3 Å². The Kier molecular flexibility index (Phi) is 7.45. The number of aliphatic hydroxyl groups excluding tert-OH is 1. The van der Waals surface area contributed by atoms with E-state index in [-0.39, 0.29) is 41.9 Å². The molecule has 1 aliphatic rings. The van der Waals surface area contributed by atoms with Gasteiger partial charge in [0.05, 0.1) is 19.2 Å². The Hall–Kier alpha value is -2.63. The van der Waals surface area contributed by atoms with Gasteiger partial charge in [0.1, 0.15) is 17.3 Å². The number of carbonyl (C=O) groups is 2. The third-order valence-electron chi connectivity index (χ3n) is 5.03. The summed E-state index contributed by atoms with van der Waals surface area (Å²) in [5.41, 5.74) is -0.476. The third-order valence-corrected chi connectivity index (χ3v) is 5.03. The lowest BCUT2D eigenvalue weighted by atomic mass is 10.00. The standard InChI is InChI=1S/C22H31N3O5/c1-14-11-25(15(2)13-26)21(28)18-9-17(7-8-22(4,5)29)10-23-20(18)30-19(14)12-24(6)16(3)27/h9-10,14-15,19,26,29H,11-13H2,1-6H3/t14-,15-,19+/m0/s1. The quantitative estimate of drug-likeness (QED) is 0.706. The number of pyridine rings is 1. The summed E-state index contributed by atoms with van der Waals surface area (Å²) in [6.07, 6.45) is 1.10. The van der Waals surface area contributed by atoms with Crippen molar-refractivity contribution in [1.29, 1.82) is 0 Å². The molecule has 0 spiro atoms. The number of aromatic nitrogens is 1. The van der Waals surface area contributed by atoms with Crippen LogP contribution in [0.25, 0.3) is 0 Å². The van der Waals surface area contributed by atoms with Crippen molar-refractivity contribution in [2.75, 3.05) is 26.7 Å². The number of carbonyl (C=O) groups excluding carboxylic acids is 2. The SMILES string of the molecule is CC(=O)N(C)C[C@H]1Oc2ncc(C#CC(C)(C)O)cc2C(=O)N([C@@H](C)CO)C[C@@H]1C. The number of nitrogens with zero attached hydrogens (tertiary/aromatic N) is 3. The first-order valence-electron chi connectivity index (χ1n) is 9.98. The minimum atomic E-state index is -1.18. The number of fused-ring (bicyclic) bond motifs is 1. The Morgan fingerprint density at radius 2 is 2.17 bits per heavy atom. The van der Waals surface area contributed by atoms with Gasteiger partial charge in [0.15, 0.2) is 0 Å². The van der Waals surface area contributed by atoms with Gasteiger partial charge in [-0.1, -0.05) is 18.8 Å². The monoisotopic (exact) mass is 417 g/mol. The molecule has 0 aliphatic carbocycles. The van der Waals surface area contributed by atoms with Gasteiger partial charge < -0.3 is 24.7 Å². The molecule has 1 aliphatic heterocycles. The van der Waals surface area contributed by atoms with Crippen molar-refractivity contribution in [2.45, 2.75) is 52.4 Å². The van der Waals surface area contributed by atoms with Gasteiger partial charge >= 0.3 is 0 Å². The van der Waals surface area contributed by atoms with E-state index in [1.807, 2.05) is 6.92 Å². The molecule has 0 saturated heterocycles. The maximum absolute atomic E-state index is 13.3. The number of aliphatic hydroxyl groups is 2.